The van der Waals surface area contributed by atoms with E-state index in [1.807, 2.05) is 6.26 Å². The van der Waals surface area contributed by atoms with Crippen LogP contribution in [0.5, 0.6) is 0 Å². The van der Waals surface area contributed by atoms with Crippen molar-refractivity contribution in [2.75, 3.05) is 12.0 Å². The van der Waals surface area contributed by atoms with Crippen molar-refractivity contribution in [3.8, 4) is 0 Å². The third kappa shape index (κ3) is 3.03. The van der Waals surface area contributed by atoms with E-state index in [-0.39, 0.29) is 11.4 Å². The number of thioether (sulfide) groups is 1. The van der Waals surface area contributed by atoms with Gasteiger partial charge in [-0.3, -0.25) is 0 Å². The number of halogens is 3. The fraction of sp³-hybridized carbons (Fsp3) is 0.462. The SMILES string of the molecule is CSCCCCn1c(CCl)nc2ccc(F)c(F)c21. The van der Waals surface area contributed by atoms with Crippen LogP contribution in [0.15, 0.2) is 12.1 Å². The minimum absolute atomic E-state index is 0.193. The molecule has 0 bridgehead atoms. The molecule has 2 aromatic rings. The number of rotatable bonds is 6. The lowest BCUT2D eigenvalue weighted by atomic mass is 10.2. The van der Waals surface area contributed by atoms with Crippen LogP contribution in [0.1, 0.15) is 18.7 Å². The van der Waals surface area contributed by atoms with E-state index in [0.29, 0.717) is 17.9 Å². The van der Waals surface area contributed by atoms with E-state index in [4.69, 9.17) is 11.6 Å². The zero-order chi connectivity index (χ0) is 13.8. The van der Waals surface area contributed by atoms with Crippen LogP contribution in [-0.4, -0.2) is 21.6 Å². The number of fused-ring (bicyclic) bond motifs is 1. The molecule has 0 atom stereocenters. The summed E-state index contributed by atoms with van der Waals surface area (Å²) in [6, 6.07) is 2.59. The van der Waals surface area contributed by atoms with Crippen molar-refractivity contribution < 1.29 is 8.78 Å². The zero-order valence-electron chi connectivity index (χ0n) is 10.6. The number of alkyl halides is 1. The van der Waals surface area contributed by atoms with Gasteiger partial charge in [0.15, 0.2) is 11.6 Å². The van der Waals surface area contributed by atoms with E-state index in [2.05, 4.69) is 4.98 Å². The maximum Gasteiger partial charge on any atom is 0.184 e. The van der Waals surface area contributed by atoms with Gasteiger partial charge < -0.3 is 4.57 Å². The van der Waals surface area contributed by atoms with E-state index in [9.17, 15) is 8.78 Å². The van der Waals surface area contributed by atoms with Crippen molar-refractivity contribution in [3.63, 3.8) is 0 Å². The minimum atomic E-state index is -0.848. The Labute approximate surface area is 120 Å². The first kappa shape index (κ1) is 14.6. The maximum atomic E-state index is 13.9. The molecule has 0 aliphatic heterocycles. The van der Waals surface area contributed by atoms with Crippen LogP contribution >= 0.6 is 23.4 Å². The molecule has 0 fully saturated rings. The van der Waals surface area contributed by atoms with Gasteiger partial charge in [0.05, 0.1) is 11.4 Å². The number of nitrogens with zero attached hydrogens (tertiary/aromatic N) is 2. The molecule has 0 saturated heterocycles. The zero-order valence-corrected chi connectivity index (χ0v) is 12.2. The fourth-order valence-electron chi connectivity index (χ4n) is 2.06. The van der Waals surface area contributed by atoms with Crippen LogP contribution in [0, 0.1) is 11.6 Å². The highest BCUT2D eigenvalue weighted by Gasteiger charge is 2.16. The van der Waals surface area contributed by atoms with Gasteiger partial charge in [-0.2, -0.15) is 11.8 Å². The average Bonchev–Trinajstić information content (AvgIpc) is 2.78. The first-order valence-corrected chi connectivity index (χ1v) is 8.00. The highest BCUT2D eigenvalue weighted by atomic mass is 35.5. The molecule has 0 saturated carbocycles. The van der Waals surface area contributed by atoms with E-state index in [0.717, 1.165) is 24.7 Å². The largest absolute Gasteiger partial charge is 0.324 e. The molecule has 1 aromatic carbocycles. The number of benzene rings is 1. The van der Waals surface area contributed by atoms with Gasteiger partial charge in [-0.15, -0.1) is 11.6 Å². The highest BCUT2D eigenvalue weighted by molar-refractivity contribution is 7.98. The molecule has 0 aliphatic rings. The summed E-state index contributed by atoms with van der Waals surface area (Å²) in [4.78, 5) is 4.25. The third-order valence-corrected chi connectivity index (χ3v) is 3.91. The Balaban J connectivity index is 2.36. The Hall–Kier alpha value is -0.810. The number of aryl methyl sites for hydroxylation is 1. The predicted octanol–water partition coefficient (Wildman–Crippen LogP) is 4.20. The van der Waals surface area contributed by atoms with Crippen LogP contribution in [0.4, 0.5) is 8.78 Å². The van der Waals surface area contributed by atoms with Crippen molar-refractivity contribution in [2.24, 2.45) is 0 Å². The number of unbranched alkanes of at least 4 members (excludes halogenated alkanes) is 1. The van der Waals surface area contributed by atoms with Crippen molar-refractivity contribution in [2.45, 2.75) is 25.3 Å². The normalized spacial score (nSPS) is 11.4. The molecule has 1 heterocycles. The number of hydrogen-bond acceptors (Lipinski definition) is 2. The minimum Gasteiger partial charge on any atom is -0.324 e. The maximum absolute atomic E-state index is 13.9. The highest BCUT2D eigenvalue weighted by Crippen LogP contribution is 2.23. The van der Waals surface area contributed by atoms with Gasteiger partial charge in [0.25, 0.3) is 0 Å². The van der Waals surface area contributed by atoms with E-state index < -0.39 is 11.6 Å². The van der Waals surface area contributed by atoms with Crippen LogP contribution in [0.3, 0.4) is 0 Å². The molecule has 0 spiro atoms. The van der Waals surface area contributed by atoms with Gasteiger partial charge in [-0.25, -0.2) is 13.8 Å². The monoisotopic (exact) mass is 304 g/mol. The molecule has 6 heteroatoms. The van der Waals surface area contributed by atoms with Crippen LogP contribution < -0.4 is 0 Å². The molecule has 2 nitrogen and oxygen atoms in total. The van der Waals surface area contributed by atoms with Gasteiger partial charge in [-0.1, -0.05) is 0 Å². The van der Waals surface area contributed by atoms with E-state index in [1.165, 1.54) is 6.07 Å². The lowest BCUT2D eigenvalue weighted by Crippen LogP contribution is -2.04. The summed E-state index contributed by atoms with van der Waals surface area (Å²) >= 11 is 7.61. The molecule has 0 aliphatic carbocycles. The quantitative estimate of drug-likeness (QED) is 0.588. The standard InChI is InChI=1S/C13H15ClF2N2S/c1-19-7-3-2-6-18-11(8-14)17-10-5-4-9(15)12(16)13(10)18/h4-5H,2-3,6-8H2,1H3. The van der Waals surface area contributed by atoms with Gasteiger partial charge in [0, 0.05) is 6.54 Å². The number of hydrogen-bond donors (Lipinski definition) is 0. The molecular weight excluding hydrogens is 290 g/mol. The molecular formula is C13H15ClF2N2S. The second-order valence-corrected chi connectivity index (χ2v) is 5.50. The summed E-state index contributed by atoms with van der Waals surface area (Å²) in [6.45, 7) is 0.611. The summed E-state index contributed by atoms with van der Waals surface area (Å²) in [7, 11) is 0. The molecule has 19 heavy (non-hydrogen) atoms. The predicted molar refractivity (Wildman–Crippen MR) is 76.8 cm³/mol. The molecule has 0 N–H and O–H groups in total. The molecule has 0 unspecified atom stereocenters. The lowest BCUT2D eigenvalue weighted by Gasteiger charge is -2.08. The number of aromatic nitrogens is 2. The van der Waals surface area contributed by atoms with Gasteiger partial charge in [0.1, 0.15) is 11.3 Å². The van der Waals surface area contributed by atoms with Gasteiger partial charge in [0.2, 0.25) is 0 Å². The molecule has 0 radical (unpaired) electrons. The topological polar surface area (TPSA) is 17.8 Å². The van der Waals surface area contributed by atoms with Gasteiger partial charge in [-0.05, 0) is 37.0 Å². The first-order valence-electron chi connectivity index (χ1n) is 6.07. The Kier molecular flexibility index (Phi) is 5.05. The Morgan fingerprint density at radius 3 is 2.79 bits per heavy atom. The van der Waals surface area contributed by atoms with Crippen molar-refractivity contribution in [1.82, 2.24) is 9.55 Å². The second-order valence-electron chi connectivity index (χ2n) is 4.24. The molecule has 0 amide bonds. The summed E-state index contributed by atoms with van der Waals surface area (Å²) in [5.74, 6) is 0.147. The molecule has 104 valence electrons. The summed E-state index contributed by atoms with van der Waals surface area (Å²) in [5.41, 5.74) is 0.680. The van der Waals surface area contributed by atoms with E-state index in [1.54, 1.807) is 16.3 Å². The van der Waals surface area contributed by atoms with Gasteiger partial charge >= 0.3 is 0 Å². The fourth-order valence-corrected chi connectivity index (χ4v) is 2.76. The molecule has 2 rings (SSSR count). The Morgan fingerprint density at radius 2 is 2.11 bits per heavy atom. The van der Waals surface area contributed by atoms with Crippen molar-refractivity contribution in [1.29, 1.82) is 0 Å². The smallest absolute Gasteiger partial charge is 0.184 e. The third-order valence-electron chi connectivity index (χ3n) is 2.98. The van der Waals surface area contributed by atoms with E-state index >= 15 is 0 Å². The van der Waals surface area contributed by atoms with Crippen LogP contribution in [0.25, 0.3) is 11.0 Å². The summed E-state index contributed by atoms with van der Waals surface area (Å²) in [5, 5.41) is 0. The van der Waals surface area contributed by atoms with Crippen molar-refractivity contribution in [3.05, 3.63) is 29.6 Å². The summed E-state index contributed by atoms with van der Waals surface area (Å²) in [6.07, 6.45) is 3.97. The van der Waals surface area contributed by atoms with Crippen molar-refractivity contribution >= 4 is 34.4 Å². The first-order chi connectivity index (χ1) is 9.19. The average molecular weight is 305 g/mol. The lowest BCUT2D eigenvalue weighted by molar-refractivity contribution is 0.509. The Bertz CT molecular complexity index is 571. The number of imidazole rings is 1. The van der Waals surface area contributed by atoms with Crippen LogP contribution in [0.2, 0.25) is 0 Å². The summed E-state index contributed by atoms with van der Waals surface area (Å²) < 4.78 is 28.9. The Morgan fingerprint density at radius 1 is 1.32 bits per heavy atom. The molecule has 1 aromatic heterocycles. The van der Waals surface area contributed by atoms with Crippen LogP contribution in [-0.2, 0) is 12.4 Å². The second kappa shape index (κ2) is 6.57.